The van der Waals surface area contributed by atoms with E-state index in [2.05, 4.69) is 19.7 Å². The van der Waals surface area contributed by atoms with Gasteiger partial charge in [-0.05, 0) is 6.07 Å². The van der Waals surface area contributed by atoms with Crippen molar-refractivity contribution in [1.82, 2.24) is 9.97 Å². The van der Waals surface area contributed by atoms with Crippen LogP contribution in [0.2, 0.25) is 0 Å². The lowest BCUT2D eigenvalue weighted by molar-refractivity contribution is -0.141. The fourth-order valence-electron chi connectivity index (χ4n) is 2.79. The van der Waals surface area contributed by atoms with Gasteiger partial charge in [-0.2, -0.15) is 0 Å². The fourth-order valence-corrected chi connectivity index (χ4v) is 3.53. The highest BCUT2D eigenvalue weighted by molar-refractivity contribution is 7.12. The van der Waals surface area contributed by atoms with Gasteiger partial charge in [0.25, 0.3) is 0 Å². The van der Waals surface area contributed by atoms with Gasteiger partial charge >= 0.3 is 5.97 Å². The van der Waals surface area contributed by atoms with Crippen LogP contribution in [0, 0.1) is 0 Å². The number of benzene rings is 1. The number of hydrogen-bond donors (Lipinski definition) is 1. The lowest BCUT2D eigenvalue weighted by Crippen LogP contribution is -2.13. The Kier molecular flexibility index (Phi) is 4.26. The Balaban J connectivity index is 1.56. The minimum absolute atomic E-state index is 0.150. The molecule has 1 aromatic carbocycles. The number of hydrogen-bond acceptors (Lipinski definition) is 7. The van der Waals surface area contributed by atoms with Gasteiger partial charge in [-0.3, -0.25) is 9.59 Å². The first-order valence-corrected chi connectivity index (χ1v) is 8.88. The number of carbonyl (C=O) groups is 2. The summed E-state index contributed by atoms with van der Waals surface area (Å²) in [4.78, 5) is 35.9. The monoisotopic (exact) mass is 369 g/mol. The van der Waals surface area contributed by atoms with Crippen LogP contribution in [0.15, 0.2) is 40.8 Å². The van der Waals surface area contributed by atoms with Gasteiger partial charge in [0, 0.05) is 22.5 Å². The molecule has 7 nitrogen and oxygen atoms in total. The van der Waals surface area contributed by atoms with Crippen LogP contribution >= 0.6 is 11.3 Å². The molecule has 4 rings (SSSR count). The van der Waals surface area contributed by atoms with Crippen molar-refractivity contribution < 1.29 is 19.1 Å². The molecular formula is C18H15N3O4S. The number of rotatable bonds is 5. The molecule has 26 heavy (non-hydrogen) atoms. The minimum Gasteiger partial charge on any atom is -0.474 e. The third-order valence-corrected chi connectivity index (χ3v) is 4.93. The van der Waals surface area contributed by atoms with E-state index in [4.69, 9.17) is 4.74 Å². The molecule has 0 fully saturated rings. The smallest absolute Gasteiger partial charge is 0.307 e. The molecule has 0 amide bonds. The zero-order valence-electron chi connectivity index (χ0n) is 13.9. The van der Waals surface area contributed by atoms with Gasteiger partial charge in [-0.25, -0.2) is 9.98 Å². The van der Waals surface area contributed by atoms with Crippen LogP contribution in [0.4, 0.5) is 0 Å². The second kappa shape index (κ2) is 6.72. The van der Waals surface area contributed by atoms with Gasteiger partial charge in [0.1, 0.15) is 12.3 Å². The summed E-state index contributed by atoms with van der Waals surface area (Å²) in [6.45, 7) is 0.299. The molecular weight excluding hydrogens is 354 g/mol. The molecule has 0 radical (unpaired) electrons. The number of nitrogens with one attached hydrogen (secondary N) is 1. The van der Waals surface area contributed by atoms with Crippen LogP contribution in [0.5, 0.6) is 0 Å². The van der Waals surface area contributed by atoms with Crippen molar-refractivity contribution in [3.8, 4) is 0 Å². The van der Waals surface area contributed by atoms with Crippen molar-refractivity contribution in [3.05, 3.63) is 52.1 Å². The predicted octanol–water partition coefficient (Wildman–Crippen LogP) is 2.56. The molecule has 0 saturated heterocycles. The molecule has 132 valence electrons. The molecule has 0 bridgehead atoms. The number of ketones is 1. The van der Waals surface area contributed by atoms with Crippen molar-refractivity contribution in [2.45, 2.75) is 12.5 Å². The topological polar surface area (TPSA) is 93.6 Å². The van der Waals surface area contributed by atoms with Crippen molar-refractivity contribution in [1.29, 1.82) is 0 Å². The molecule has 1 unspecified atom stereocenters. The van der Waals surface area contributed by atoms with Crippen molar-refractivity contribution in [3.63, 3.8) is 0 Å². The second-order valence-electron chi connectivity index (χ2n) is 5.79. The third-order valence-electron chi connectivity index (χ3n) is 4.09. The Hall–Kier alpha value is -3.00. The lowest BCUT2D eigenvalue weighted by atomic mass is 10.1. The van der Waals surface area contributed by atoms with E-state index < -0.39 is 0 Å². The number of carbonyl (C=O) groups excluding carboxylic acids is 2. The summed E-state index contributed by atoms with van der Waals surface area (Å²) in [6, 6.07) is 7.33. The number of para-hydroxylation sites is 1. The van der Waals surface area contributed by atoms with Gasteiger partial charge in [0.15, 0.2) is 5.01 Å². The van der Waals surface area contributed by atoms with Crippen LogP contribution < -0.4 is 0 Å². The molecule has 0 spiro atoms. The number of methoxy groups -OCH3 is 1. The first kappa shape index (κ1) is 16.5. The molecule has 2 aromatic heterocycles. The summed E-state index contributed by atoms with van der Waals surface area (Å²) in [5.74, 6) is -0.131. The quantitative estimate of drug-likeness (QED) is 0.551. The number of aromatic nitrogens is 2. The third kappa shape index (κ3) is 2.99. The van der Waals surface area contributed by atoms with Crippen LogP contribution in [0.3, 0.4) is 0 Å². The Morgan fingerprint density at radius 3 is 3.08 bits per heavy atom. The number of fused-ring (bicyclic) bond motifs is 1. The highest BCUT2D eigenvalue weighted by atomic mass is 32.1. The van der Waals surface area contributed by atoms with E-state index in [0.29, 0.717) is 28.8 Å². The molecule has 8 heteroatoms. The molecule has 0 aliphatic carbocycles. The molecule has 1 atom stereocenters. The Morgan fingerprint density at radius 1 is 1.38 bits per heavy atom. The summed E-state index contributed by atoms with van der Waals surface area (Å²) in [5, 5.41) is 2.97. The summed E-state index contributed by atoms with van der Waals surface area (Å²) in [7, 11) is 1.34. The molecule has 1 aliphatic rings. The van der Waals surface area contributed by atoms with Crippen molar-refractivity contribution >= 4 is 39.9 Å². The van der Waals surface area contributed by atoms with Crippen LogP contribution in [-0.2, 0) is 14.3 Å². The molecule has 0 saturated carbocycles. The van der Waals surface area contributed by atoms with Gasteiger partial charge in [-0.15, -0.1) is 11.3 Å². The first-order chi connectivity index (χ1) is 12.7. The maximum Gasteiger partial charge on any atom is 0.307 e. The van der Waals surface area contributed by atoms with E-state index in [1.807, 2.05) is 24.3 Å². The second-order valence-corrected chi connectivity index (χ2v) is 6.65. The van der Waals surface area contributed by atoms with Gasteiger partial charge in [0.2, 0.25) is 11.7 Å². The SMILES string of the molecule is COC(=O)CC1COC(c2csc(C(=O)c3c[nH]c4ccccc34)n2)=N1. The van der Waals surface area contributed by atoms with Crippen LogP contribution in [-0.4, -0.2) is 47.4 Å². The minimum atomic E-state index is -0.336. The Bertz CT molecular complexity index is 1020. The van der Waals surface area contributed by atoms with E-state index >= 15 is 0 Å². The maximum absolute atomic E-state index is 12.8. The summed E-state index contributed by atoms with van der Waals surface area (Å²) in [5.41, 5.74) is 1.99. The molecule has 1 N–H and O–H groups in total. The van der Waals surface area contributed by atoms with E-state index in [1.165, 1.54) is 18.4 Å². The normalized spacial score (nSPS) is 16.3. The molecule has 1 aliphatic heterocycles. The number of H-pyrrole nitrogens is 1. The number of thiazole rings is 1. The maximum atomic E-state index is 12.8. The predicted molar refractivity (Wildman–Crippen MR) is 96.8 cm³/mol. The zero-order valence-corrected chi connectivity index (χ0v) is 14.7. The van der Waals surface area contributed by atoms with E-state index in [9.17, 15) is 9.59 Å². The van der Waals surface area contributed by atoms with E-state index in [-0.39, 0.29) is 24.2 Å². The van der Waals surface area contributed by atoms with Crippen molar-refractivity contribution in [2.75, 3.05) is 13.7 Å². The van der Waals surface area contributed by atoms with E-state index in [0.717, 1.165) is 10.9 Å². The highest BCUT2D eigenvalue weighted by Crippen LogP contribution is 2.23. The number of aromatic amines is 1. The highest BCUT2D eigenvalue weighted by Gasteiger charge is 2.26. The first-order valence-electron chi connectivity index (χ1n) is 8.00. The van der Waals surface area contributed by atoms with Gasteiger partial charge in [0.05, 0.1) is 25.1 Å². The average molecular weight is 369 g/mol. The number of aliphatic imine (C=N–C) groups is 1. The average Bonchev–Trinajstić information content (AvgIpc) is 3.39. The standard InChI is InChI=1S/C18H15N3O4S/c1-24-15(22)6-10-8-25-17(20-10)14-9-26-18(21-14)16(23)12-7-19-13-5-3-2-4-11(12)13/h2-5,7,9-10,19H,6,8H2,1H3. The van der Waals surface area contributed by atoms with Gasteiger partial charge < -0.3 is 14.5 Å². The largest absolute Gasteiger partial charge is 0.474 e. The molecule has 3 heterocycles. The van der Waals surface area contributed by atoms with E-state index in [1.54, 1.807) is 11.6 Å². The summed E-state index contributed by atoms with van der Waals surface area (Å²) in [6.07, 6.45) is 1.86. The number of ether oxygens (including phenoxy) is 2. The van der Waals surface area contributed by atoms with Crippen LogP contribution in [0.1, 0.15) is 27.5 Å². The number of nitrogens with zero attached hydrogens (tertiary/aromatic N) is 2. The Labute approximate surface area is 152 Å². The number of esters is 1. The fraction of sp³-hybridized carbons (Fsp3) is 0.222. The van der Waals surface area contributed by atoms with Crippen molar-refractivity contribution in [2.24, 2.45) is 4.99 Å². The van der Waals surface area contributed by atoms with Crippen LogP contribution in [0.25, 0.3) is 10.9 Å². The summed E-state index contributed by atoms with van der Waals surface area (Å²) < 4.78 is 10.2. The van der Waals surface area contributed by atoms with Gasteiger partial charge in [-0.1, -0.05) is 18.2 Å². The molecule has 3 aromatic rings. The lowest BCUT2D eigenvalue weighted by Gasteiger charge is -2.01. The zero-order chi connectivity index (χ0) is 18.1. The Morgan fingerprint density at radius 2 is 2.23 bits per heavy atom. The summed E-state index contributed by atoms with van der Waals surface area (Å²) >= 11 is 1.24.